The summed E-state index contributed by atoms with van der Waals surface area (Å²) in [6, 6.07) is 5.97. The smallest absolute Gasteiger partial charge is 0.0881 e. The molecule has 0 aromatic heterocycles. The van der Waals surface area contributed by atoms with Crippen molar-refractivity contribution < 1.29 is 0 Å². The number of aliphatic imine (C=N–C) groups is 2. The van der Waals surface area contributed by atoms with Crippen LogP contribution in [0.15, 0.2) is 28.2 Å². The third-order valence-electron chi connectivity index (χ3n) is 2.01. The standard InChI is InChI=1S/C11H14N2/c1-8(2)9-5-6-10(12-3)11(7-9)13-4/h5-8H,3-4H2,1-2H3. The summed E-state index contributed by atoms with van der Waals surface area (Å²) in [5, 5.41) is 0. The summed E-state index contributed by atoms with van der Waals surface area (Å²) in [5.74, 6) is 0.499. The number of hydrogen-bond donors (Lipinski definition) is 0. The number of nitrogens with zero attached hydrogens (tertiary/aromatic N) is 2. The predicted molar refractivity (Wildman–Crippen MR) is 58.9 cm³/mol. The molecule has 1 aromatic carbocycles. The minimum Gasteiger partial charge on any atom is -0.262 e. The van der Waals surface area contributed by atoms with Crippen molar-refractivity contribution in [2.75, 3.05) is 0 Å². The van der Waals surface area contributed by atoms with E-state index in [9.17, 15) is 0 Å². The molecule has 2 heteroatoms. The largest absolute Gasteiger partial charge is 0.262 e. The second-order valence-electron chi connectivity index (χ2n) is 3.22. The summed E-state index contributed by atoms with van der Waals surface area (Å²) < 4.78 is 0. The molecule has 0 atom stereocenters. The van der Waals surface area contributed by atoms with Crippen LogP contribution in [0, 0.1) is 0 Å². The van der Waals surface area contributed by atoms with Crippen LogP contribution in [0.25, 0.3) is 0 Å². The topological polar surface area (TPSA) is 24.7 Å². The molecule has 0 aliphatic carbocycles. The van der Waals surface area contributed by atoms with E-state index < -0.39 is 0 Å². The highest BCUT2D eigenvalue weighted by molar-refractivity contribution is 5.67. The van der Waals surface area contributed by atoms with Crippen LogP contribution in [0.2, 0.25) is 0 Å². The molecule has 68 valence electrons. The van der Waals surface area contributed by atoms with Crippen molar-refractivity contribution >= 4 is 24.8 Å². The van der Waals surface area contributed by atoms with E-state index in [0.717, 1.165) is 11.4 Å². The lowest BCUT2D eigenvalue weighted by Gasteiger charge is -2.07. The van der Waals surface area contributed by atoms with Crippen LogP contribution in [0.5, 0.6) is 0 Å². The third-order valence-corrected chi connectivity index (χ3v) is 2.01. The van der Waals surface area contributed by atoms with E-state index in [1.807, 2.05) is 18.2 Å². The van der Waals surface area contributed by atoms with Gasteiger partial charge >= 0.3 is 0 Å². The Morgan fingerprint density at radius 1 is 1.08 bits per heavy atom. The van der Waals surface area contributed by atoms with Gasteiger partial charge in [0.2, 0.25) is 0 Å². The molecule has 1 aromatic rings. The van der Waals surface area contributed by atoms with E-state index >= 15 is 0 Å². The maximum Gasteiger partial charge on any atom is 0.0881 e. The van der Waals surface area contributed by atoms with Gasteiger partial charge in [-0.2, -0.15) is 0 Å². The van der Waals surface area contributed by atoms with Gasteiger partial charge in [-0.15, -0.1) is 0 Å². The van der Waals surface area contributed by atoms with Crippen LogP contribution >= 0.6 is 0 Å². The van der Waals surface area contributed by atoms with Gasteiger partial charge in [-0.05, 0) is 37.0 Å². The quantitative estimate of drug-likeness (QED) is 0.627. The van der Waals surface area contributed by atoms with Crippen molar-refractivity contribution in [3.63, 3.8) is 0 Å². The summed E-state index contributed by atoms with van der Waals surface area (Å²) in [5.41, 5.74) is 2.84. The van der Waals surface area contributed by atoms with Crippen LogP contribution < -0.4 is 0 Å². The highest BCUT2D eigenvalue weighted by Gasteiger charge is 2.03. The maximum absolute atomic E-state index is 3.90. The first-order valence-corrected chi connectivity index (χ1v) is 4.26. The molecule has 0 N–H and O–H groups in total. The van der Waals surface area contributed by atoms with Gasteiger partial charge in [0.1, 0.15) is 0 Å². The molecule has 2 nitrogen and oxygen atoms in total. The van der Waals surface area contributed by atoms with Crippen LogP contribution in [0.4, 0.5) is 11.4 Å². The van der Waals surface area contributed by atoms with Gasteiger partial charge in [-0.1, -0.05) is 19.9 Å². The molecular weight excluding hydrogens is 160 g/mol. The fourth-order valence-electron chi connectivity index (χ4n) is 1.16. The highest BCUT2D eigenvalue weighted by Crippen LogP contribution is 2.30. The normalized spacial score (nSPS) is 10.1. The zero-order valence-electron chi connectivity index (χ0n) is 8.12. The molecule has 0 heterocycles. The van der Waals surface area contributed by atoms with Crippen molar-refractivity contribution in [2.24, 2.45) is 9.98 Å². The van der Waals surface area contributed by atoms with Crippen molar-refractivity contribution in [1.82, 2.24) is 0 Å². The fourth-order valence-corrected chi connectivity index (χ4v) is 1.16. The summed E-state index contributed by atoms with van der Waals surface area (Å²) in [6.45, 7) is 11.3. The van der Waals surface area contributed by atoms with Gasteiger partial charge < -0.3 is 0 Å². The molecule has 0 spiro atoms. The average Bonchev–Trinajstić information content (AvgIpc) is 2.16. The van der Waals surface area contributed by atoms with Gasteiger partial charge in [-0.3, -0.25) is 9.98 Å². The fraction of sp³-hybridized carbons (Fsp3) is 0.273. The van der Waals surface area contributed by atoms with Crippen LogP contribution in [0.1, 0.15) is 25.3 Å². The van der Waals surface area contributed by atoms with Gasteiger partial charge in [-0.25, -0.2) is 0 Å². The Labute approximate surface area is 79.0 Å². The molecular formula is C11H14N2. The van der Waals surface area contributed by atoms with E-state index in [-0.39, 0.29) is 0 Å². The zero-order chi connectivity index (χ0) is 9.84. The van der Waals surface area contributed by atoms with E-state index in [0.29, 0.717) is 5.92 Å². The Hall–Kier alpha value is -1.44. The average molecular weight is 174 g/mol. The second-order valence-corrected chi connectivity index (χ2v) is 3.22. The van der Waals surface area contributed by atoms with Crippen molar-refractivity contribution in [2.45, 2.75) is 19.8 Å². The molecule has 0 unspecified atom stereocenters. The van der Waals surface area contributed by atoms with Crippen LogP contribution in [-0.4, -0.2) is 13.4 Å². The molecule has 0 radical (unpaired) electrons. The van der Waals surface area contributed by atoms with E-state index in [2.05, 4.69) is 37.3 Å². The summed E-state index contributed by atoms with van der Waals surface area (Å²) in [7, 11) is 0. The first-order chi connectivity index (χ1) is 6.19. The first kappa shape index (κ1) is 9.65. The lowest BCUT2D eigenvalue weighted by Crippen LogP contribution is -1.85. The Bertz CT molecular complexity index is 327. The van der Waals surface area contributed by atoms with Gasteiger partial charge in [0.05, 0.1) is 11.4 Å². The lowest BCUT2D eigenvalue weighted by molar-refractivity contribution is 0.867. The monoisotopic (exact) mass is 174 g/mol. The van der Waals surface area contributed by atoms with Crippen molar-refractivity contribution in [3.8, 4) is 0 Å². The summed E-state index contributed by atoms with van der Waals surface area (Å²) in [6.07, 6.45) is 0. The van der Waals surface area contributed by atoms with Crippen molar-refractivity contribution in [3.05, 3.63) is 23.8 Å². The molecule has 13 heavy (non-hydrogen) atoms. The van der Waals surface area contributed by atoms with Gasteiger partial charge in [0, 0.05) is 0 Å². The molecule has 0 fully saturated rings. The van der Waals surface area contributed by atoms with Crippen LogP contribution in [0.3, 0.4) is 0 Å². The molecule has 0 aliphatic heterocycles. The van der Waals surface area contributed by atoms with Gasteiger partial charge in [0.15, 0.2) is 0 Å². The molecule has 0 saturated carbocycles. The first-order valence-electron chi connectivity index (χ1n) is 4.26. The van der Waals surface area contributed by atoms with Gasteiger partial charge in [0.25, 0.3) is 0 Å². The van der Waals surface area contributed by atoms with E-state index in [1.54, 1.807) is 0 Å². The SMILES string of the molecule is C=Nc1ccc(C(C)C)cc1N=C. The molecule has 0 amide bonds. The third kappa shape index (κ3) is 2.02. The minimum atomic E-state index is 0.499. The predicted octanol–water partition coefficient (Wildman–Crippen LogP) is 3.47. The highest BCUT2D eigenvalue weighted by atomic mass is 14.8. The van der Waals surface area contributed by atoms with E-state index in [4.69, 9.17) is 0 Å². The molecule has 1 rings (SSSR count). The lowest BCUT2D eigenvalue weighted by atomic mass is 10.0. The maximum atomic E-state index is 3.90. The number of hydrogen-bond acceptors (Lipinski definition) is 2. The zero-order valence-corrected chi connectivity index (χ0v) is 8.12. The number of rotatable bonds is 3. The van der Waals surface area contributed by atoms with Crippen molar-refractivity contribution in [1.29, 1.82) is 0 Å². The minimum absolute atomic E-state index is 0.499. The molecule has 0 bridgehead atoms. The number of benzene rings is 1. The molecule has 0 aliphatic rings. The molecule has 0 saturated heterocycles. The Morgan fingerprint density at radius 2 is 1.69 bits per heavy atom. The Kier molecular flexibility index (Phi) is 2.96. The Balaban J connectivity index is 3.20. The second kappa shape index (κ2) is 3.99. The van der Waals surface area contributed by atoms with E-state index in [1.165, 1.54) is 5.56 Å². The summed E-state index contributed by atoms with van der Waals surface area (Å²) >= 11 is 0. The van der Waals surface area contributed by atoms with Crippen LogP contribution in [-0.2, 0) is 0 Å². The Morgan fingerprint density at radius 3 is 2.15 bits per heavy atom. The summed E-state index contributed by atoms with van der Waals surface area (Å²) in [4.78, 5) is 7.76.